The standard InChI is InChI=1S/C14H16O2/c15-14(10-4-3-5-10)12-8-9-16-13-7-2-1-6-11(12)13/h1-2,6-7,10,12H,3-5,8-9H2. The maximum atomic E-state index is 12.3. The molecule has 2 nitrogen and oxygen atoms in total. The molecule has 1 heterocycles. The van der Waals surface area contributed by atoms with E-state index in [-0.39, 0.29) is 5.92 Å². The highest BCUT2D eigenvalue weighted by Gasteiger charge is 2.34. The number of ketones is 1. The zero-order chi connectivity index (χ0) is 11.0. The van der Waals surface area contributed by atoms with Crippen molar-refractivity contribution in [2.75, 3.05) is 6.61 Å². The van der Waals surface area contributed by atoms with Crippen LogP contribution < -0.4 is 4.74 Å². The second kappa shape index (κ2) is 3.93. The highest BCUT2D eigenvalue weighted by molar-refractivity contribution is 5.89. The Kier molecular flexibility index (Phi) is 2.43. The van der Waals surface area contributed by atoms with Gasteiger partial charge in [-0.3, -0.25) is 4.79 Å². The summed E-state index contributed by atoms with van der Waals surface area (Å²) in [6.45, 7) is 0.681. The van der Waals surface area contributed by atoms with Crippen LogP contribution in [0.1, 0.15) is 37.2 Å². The van der Waals surface area contributed by atoms with Gasteiger partial charge in [0, 0.05) is 17.4 Å². The molecule has 3 rings (SSSR count). The second-order valence-electron chi connectivity index (χ2n) is 4.76. The molecule has 1 atom stereocenters. The fourth-order valence-electron chi connectivity index (χ4n) is 2.61. The van der Waals surface area contributed by atoms with Crippen molar-refractivity contribution in [1.82, 2.24) is 0 Å². The molecule has 1 fully saturated rings. The minimum atomic E-state index is 0.0928. The van der Waals surface area contributed by atoms with E-state index in [0.29, 0.717) is 18.3 Å². The van der Waals surface area contributed by atoms with E-state index in [1.807, 2.05) is 24.3 Å². The molecule has 16 heavy (non-hydrogen) atoms. The zero-order valence-electron chi connectivity index (χ0n) is 9.32. The van der Waals surface area contributed by atoms with Gasteiger partial charge in [-0.05, 0) is 25.3 Å². The van der Waals surface area contributed by atoms with Crippen LogP contribution in [0.5, 0.6) is 5.75 Å². The lowest BCUT2D eigenvalue weighted by Crippen LogP contribution is -2.30. The monoisotopic (exact) mass is 216 g/mol. The van der Waals surface area contributed by atoms with Crippen LogP contribution in [-0.4, -0.2) is 12.4 Å². The van der Waals surface area contributed by atoms with Crippen molar-refractivity contribution in [3.63, 3.8) is 0 Å². The van der Waals surface area contributed by atoms with Gasteiger partial charge in [-0.25, -0.2) is 0 Å². The summed E-state index contributed by atoms with van der Waals surface area (Å²) in [4.78, 5) is 12.3. The van der Waals surface area contributed by atoms with Gasteiger partial charge in [0.2, 0.25) is 0 Å². The van der Waals surface area contributed by atoms with Crippen LogP contribution in [0.25, 0.3) is 0 Å². The summed E-state index contributed by atoms with van der Waals surface area (Å²) >= 11 is 0. The van der Waals surface area contributed by atoms with Crippen molar-refractivity contribution in [1.29, 1.82) is 0 Å². The third kappa shape index (κ3) is 1.53. The van der Waals surface area contributed by atoms with Crippen molar-refractivity contribution in [3.05, 3.63) is 29.8 Å². The lowest BCUT2D eigenvalue weighted by Gasteiger charge is -2.31. The number of fused-ring (bicyclic) bond motifs is 1. The Morgan fingerprint density at radius 2 is 2.00 bits per heavy atom. The summed E-state index contributed by atoms with van der Waals surface area (Å²) in [7, 11) is 0. The summed E-state index contributed by atoms with van der Waals surface area (Å²) in [5.74, 6) is 1.78. The number of hydrogen-bond acceptors (Lipinski definition) is 2. The van der Waals surface area contributed by atoms with Crippen LogP contribution in [0, 0.1) is 5.92 Å². The number of carbonyl (C=O) groups is 1. The molecule has 0 radical (unpaired) electrons. The third-order valence-electron chi connectivity index (χ3n) is 3.81. The van der Waals surface area contributed by atoms with Crippen LogP contribution in [0.15, 0.2) is 24.3 Å². The van der Waals surface area contributed by atoms with Crippen LogP contribution in [0.4, 0.5) is 0 Å². The van der Waals surface area contributed by atoms with Crippen LogP contribution in [-0.2, 0) is 4.79 Å². The largest absolute Gasteiger partial charge is 0.493 e. The minimum Gasteiger partial charge on any atom is -0.493 e. The molecule has 2 aliphatic rings. The molecule has 84 valence electrons. The molecule has 0 N–H and O–H groups in total. The summed E-state index contributed by atoms with van der Waals surface area (Å²) in [6.07, 6.45) is 4.27. The molecule has 0 saturated heterocycles. The molecule has 1 saturated carbocycles. The molecule has 0 spiro atoms. The Balaban J connectivity index is 1.89. The molecule has 0 bridgehead atoms. The lowest BCUT2D eigenvalue weighted by atomic mass is 9.74. The number of rotatable bonds is 2. The molecule has 1 aromatic carbocycles. The number of benzene rings is 1. The van der Waals surface area contributed by atoms with E-state index >= 15 is 0 Å². The molecule has 2 heteroatoms. The number of ether oxygens (including phenoxy) is 1. The van der Waals surface area contributed by atoms with E-state index in [2.05, 4.69) is 0 Å². The van der Waals surface area contributed by atoms with Gasteiger partial charge in [0.05, 0.1) is 6.61 Å². The smallest absolute Gasteiger partial charge is 0.143 e. The first-order valence-corrected chi connectivity index (χ1v) is 6.12. The van der Waals surface area contributed by atoms with Gasteiger partial charge in [0.15, 0.2) is 0 Å². The second-order valence-corrected chi connectivity index (χ2v) is 4.76. The van der Waals surface area contributed by atoms with Crippen molar-refractivity contribution < 1.29 is 9.53 Å². The van der Waals surface area contributed by atoms with Gasteiger partial charge in [0.1, 0.15) is 11.5 Å². The van der Waals surface area contributed by atoms with E-state index in [1.54, 1.807) is 0 Å². The van der Waals surface area contributed by atoms with E-state index < -0.39 is 0 Å². The Labute approximate surface area is 95.6 Å². The van der Waals surface area contributed by atoms with Crippen molar-refractivity contribution in [2.24, 2.45) is 5.92 Å². The fraction of sp³-hybridized carbons (Fsp3) is 0.500. The Morgan fingerprint density at radius 1 is 1.19 bits per heavy atom. The maximum Gasteiger partial charge on any atom is 0.143 e. The van der Waals surface area contributed by atoms with Crippen molar-refractivity contribution in [3.8, 4) is 5.75 Å². The summed E-state index contributed by atoms with van der Waals surface area (Å²) in [6, 6.07) is 7.97. The number of carbonyl (C=O) groups excluding carboxylic acids is 1. The SMILES string of the molecule is O=C(C1CCC1)C1CCOc2ccccc21. The normalized spacial score (nSPS) is 24.1. The van der Waals surface area contributed by atoms with Gasteiger partial charge in [0.25, 0.3) is 0 Å². The van der Waals surface area contributed by atoms with Crippen LogP contribution >= 0.6 is 0 Å². The molecule has 0 amide bonds. The Morgan fingerprint density at radius 3 is 2.75 bits per heavy atom. The predicted molar refractivity (Wildman–Crippen MR) is 61.6 cm³/mol. The first-order chi connectivity index (χ1) is 7.86. The topological polar surface area (TPSA) is 26.3 Å². The summed E-state index contributed by atoms with van der Waals surface area (Å²) in [5, 5.41) is 0. The van der Waals surface area contributed by atoms with Crippen LogP contribution in [0.2, 0.25) is 0 Å². The van der Waals surface area contributed by atoms with Crippen molar-refractivity contribution in [2.45, 2.75) is 31.6 Å². The van der Waals surface area contributed by atoms with Gasteiger partial charge in [-0.1, -0.05) is 24.6 Å². The fourth-order valence-corrected chi connectivity index (χ4v) is 2.61. The Hall–Kier alpha value is -1.31. The van der Waals surface area contributed by atoms with Crippen molar-refractivity contribution >= 4 is 5.78 Å². The van der Waals surface area contributed by atoms with E-state index in [0.717, 1.165) is 30.6 Å². The predicted octanol–water partition coefficient (Wildman–Crippen LogP) is 2.92. The first-order valence-electron chi connectivity index (χ1n) is 6.12. The Bertz CT molecular complexity index is 407. The molecule has 1 aromatic rings. The summed E-state index contributed by atoms with van der Waals surface area (Å²) in [5.41, 5.74) is 1.10. The lowest BCUT2D eigenvalue weighted by molar-refractivity contribution is -0.127. The zero-order valence-corrected chi connectivity index (χ0v) is 9.32. The average Bonchev–Trinajstić information content (AvgIpc) is 2.26. The van der Waals surface area contributed by atoms with Gasteiger partial charge < -0.3 is 4.74 Å². The number of para-hydroxylation sites is 1. The quantitative estimate of drug-likeness (QED) is 0.759. The number of Topliss-reactive ketones (excluding diaryl/α,β-unsaturated/α-hetero) is 1. The summed E-state index contributed by atoms with van der Waals surface area (Å²) < 4.78 is 5.58. The molecule has 1 unspecified atom stereocenters. The maximum absolute atomic E-state index is 12.3. The highest BCUT2D eigenvalue weighted by Crippen LogP contribution is 2.39. The molecular formula is C14H16O2. The minimum absolute atomic E-state index is 0.0928. The first kappa shape index (κ1) is 9.88. The van der Waals surface area contributed by atoms with Gasteiger partial charge in [-0.15, -0.1) is 0 Å². The average molecular weight is 216 g/mol. The number of hydrogen-bond donors (Lipinski definition) is 0. The van der Waals surface area contributed by atoms with E-state index in [9.17, 15) is 4.79 Å². The molecule has 1 aliphatic heterocycles. The van der Waals surface area contributed by atoms with Crippen LogP contribution in [0.3, 0.4) is 0 Å². The van der Waals surface area contributed by atoms with E-state index in [1.165, 1.54) is 6.42 Å². The third-order valence-corrected chi connectivity index (χ3v) is 3.81. The van der Waals surface area contributed by atoms with Gasteiger partial charge >= 0.3 is 0 Å². The highest BCUT2D eigenvalue weighted by atomic mass is 16.5. The molecule has 0 aromatic heterocycles. The van der Waals surface area contributed by atoms with Gasteiger partial charge in [-0.2, -0.15) is 0 Å². The van der Waals surface area contributed by atoms with E-state index in [4.69, 9.17) is 4.74 Å². The molecule has 1 aliphatic carbocycles. The molecular weight excluding hydrogens is 200 g/mol.